The van der Waals surface area contributed by atoms with Crippen molar-refractivity contribution in [1.82, 2.24) is 0 Å². The summed E-state index contributed by atoms with van der Waals surface area (Å²) in [7, 11) is -3.28. The lowest BCUT2D eigenvalue weighted by Gasteiger charge is -2.35. The first-order valence-electron chi connectivity index (χ1n) is 6.19. The van der Waals surface area contributed by atoms with Crippen LogP contribution in [-0.4, -0.2) is 45.4 Å². The van der Waals surface area contributed by atoms with Crippen molar-refractivity contribution in [1.29, 1.82) is 0 Å². The molecule has 0 radical (unpaired) electrons. The van der Waals surface area contributed by atoms with Gasteiger partial charge in [-0.25, -0.2) is 0 Å². The third-order valence-corrected chi connectivity index (χ3v) is 7.10. The molecule has 0 aromatic carbocycles. The smallest absolute Gasteiger partial charge is 0.344 e. The van der Waals surface area contributed by atoms with Crippen molar-refractivity contribution < 1.29 is 23.8 Å². The largest absolute Gasteiger partial charge is 0.390 e. The van der Waals surface area contributed by atoms with Crippen molar-refractivity contribution in [3.63, 3.8) is 0 Å². The molecule has 0 aliphatic carbocycles. The molecule has 18 heavy (non-hydrogen) atoms. The lowest BCUT2D eigenvalue weighted by Crippen LogP contribution is -2.37. The van der Waals surface area contributed by atoms with E-state index in [0.717, 1.165) is 0 Å². The molecule has 7 heteroatoms. The second kappa shape index (κ2) is 6.73. The molecule has 3 atom stereocenters. The van der Waals surface area contributed by atoms with Gasteiger partial charge < -0.3 is 19.3 Å². The molecule has 1 saturated heterocycles. The van der Waals surface area contributed by atoms with E-state index >= 15 is 0 Å². The average molecular weight is 298 g/mol. The number of hydrogen-bond acceptors (Lipinski definition) is 6. The van der Waals surface area contributed by atoms with Gasteiger partial charge in [0.25, 0.3) is 0 Å². The van der Waals surface area contributed by atoms with Gasteiger partial charge >= 0.3 is 7.60 Å². The summed E-state index contributed by atoms with van der Waals surface area (Å²) >= 11 is 1.34. The SMILES string of the molecule is CC(C)OP(=O)(OC(C)C)[C@H]1C[C@H](O)[C@H](O)CS1. The molecular weight excluding hydrogens is 275 g/mol. The fraction of sp³-hybridized carbons (Fsp3) is 1.00. The molecule has 0 spiro atoms. The first-order valence-corrected chi connectivity index (χ1v) is 8.85. The molecule has 2 N–H and O–H groups in total. The van der Waals surface area contributed by atoms with Crippen LogP contribution in [0.5, 0.6) is 0 Å². The van der Waals surface area contributed by atoms with Crippen LogP contribution in [-0.2, 0) is 13.6 Å². The zero-order chi connectivity index (χ0) is 13.9. The van der Waals surface area contributed by atoms with E-state index in [0.29, 0.717) is 5.75 Å². The topological polar surface area (TPSA) is 76.0 Å². The molecule has 0 bridgehead atoms. The Labute approximate surface area is 113 Å². The third-order valence-electron chi connectivity index (χ3n) is 2.41. The Hall–Kier alpha value is 0.420. The van der Waals surface area contributed by atoms with Gasteiger partial charge in [0.1, 0.15) is 4.99 Å². The maximum absolute atomic E-state index is 12.8. The summed E-state index contributed by atoms with van der Waals surface area (Å²) in [6.45, 7) is 7.20. The van der Waals surface area contributed by atoms with Crippen LogP contribution < -0.4 is 0 Å². The Balaban J connectivity index is 2.79. The molecule has 108 valence electrons. The normalized spacial score (nSPS) is 30.1. The van der Waals surface area contributed by atoms with Crippen LogP contribution in [0.3, 0.4) is 0 Å². The zero-order valence-corrected chi connectivity index (χ0v) is 13.0. The molecule has 1 aliphatic rings. The molecule has 1 fully saturated rings. The van der Waals surface area contributed by atoms with E-state index in [2.05, 4.69) is 0 Å². The van der Waals surface area contributed by atoms with E-state index in [1.807, 2.05) is 0 Å². The average Bonchev–Trinajstić information content (AvgIpc) is 2.19. The molecule has 0 saturated carbocycles. The summed E-state index contributed by atoms with van der Waals surface area (Å²) in [6, 6.07) is 0. The van der Waals surface area contributed by atoms with Gasteiger partial charge in [-0.1, -0.05) is 0 Å². The highest BCUT2D eigenvalue weighted by atomic mass is 32.2. The zero-order valence-electron chi connectivity index (χ0n) is 11.3. The Morgan fingerprint density at radius 1 is 1.11 bits per heavy atom. The first-order chi connectivity index (χ1) is 8.24. The standard InChI is InChI=1S/C11H23O5PS/c1-7(2)15-17(14,16-8(3)4)11-5-9(12)10(13)6-18-11/h7-13H,5-6H2,1-4H3/t9-,10+,11+/m0/s1. The molecule has 0 amide bonds. The van der Waals surface area contributed by atoms with Gasteiger partial charge in [0.15, 0.2) is 0 Å². The minimum atomic E-state index is -3.28. The maximum Gasteiger partial charge on any atom is 0.344 e. The summed E-state index contributed by atoms with van der Waals surface area (Å²) in [5.74, 6) is 0.346. The van der Waals surface area contributed by atoms with Crippen LogP contribution in [0.2, 0.25) is 0 Å². The monoisotopic (exact) mass is 298 g/mol. The highest BCUT2D eigenvalue weighted by molar-refractivity contribution is 8.05. The summed E-state index contributed by atoms with van der Waals surface area (Å²) in [5.41, 5.74) is 0. The number of hydrogen-bond donors (Lipinski definition) is 2. The molecule has 0 aromatic heterocycles. The van der Waals surface area contributed by atoms with Crippen LogP contribution in [0.15, 0.2) is 0 Å². The molecular formula is C11H23O5PS. The van der Waals surface area contributed by atoms with Gasteiger partial charge in [0.05, 0.1) is 24.4 Å². The predicted molar refractivity (Wildman–Crippen MR) is 72.9 cm³/mol. The van der Waals surface area contributed by atoms with Crippen molar-refractivity contribution in [2.45, 2.75) is 63.5 Å². The third kappa shape index (κ3) is 4.51. The molecule has 0 aromatic rings. The lowest BCUT2D eigenvalue weighted by molar-refractivity contribution is 0.0253. The molecule has 1 heterocycles. The van der Waals surface area contributed by atoms with Crippen molar-refractivity contribution in [3.05, 3.63) is 0 Å². The second-order valence-corrected chi connectivity index (χ2v) is 8.72. The second-order valence-electron chi connectivity index (χ2n) is 5.01. The highest BCUT2D eigenvalue weighted by Gasteiger charge is 2.43. The van der Waals surface area contributed by atoms with Crippen molar-refractivity contribution in [2.75, 3.05) is 5.75 Å². The van der Waals surface area contributed by atoms with Gasteiger partial charge in [0.2, 0.25) is 0 Å². The maximum atomic E-state index is 12.8. The van der Waals surface area contributed by atoms with Crippen LogP contribution in [0.25, 0.3) is 0 Å². The number of thioether (sulfide) groups is 1. The van der Waals surface area contributed by atoms with Crippen LogP contribution in [0, 0.1) is 0 Å². The molecule has 1 rings (SSSR count). The van der Waals surface area contributed by atoms with Crippen LogP contribution in [0.4, 0.5) is 0 Å². The van der Waals surface area contributed by atoms with E-state index in [-0.39, 0.29) is 18.6 Å². The summed E-state index contributed by atoms with van der Waals surface area (Å²) < 4.78 is 23.8. The van der Waals surface area contributed by atoms with Gasteiger partial charge in [-0.05, 0) is 34.1 Å². The van der Waals surface area contributed by atoms with Crippen molar-refractivity contribution >= 4 is 19.4 Å². The number of rotatable bonds is 5. The fourth-order valence-electron chi connectivity index (χ4n) is 1.72. The predicted octanol–water partition coefficient (Wildman–Crippen LogP) is 2.21. The van der Waals surface area contributed by atoms with E-state index in [1.54, 1.807) is 27.7 Å². The highest BCUT2D eigenvalue weighted by Crippen LogP contribution is 2.61. The van der Waals surface area contributed by atoms with Gasteiger partial charge in [-0.2, -0.15) is 0 Å². The fourth-order valence-corrected chi connectivity index (χ4v) is 5.95. The van der Waals surface area contributed by atoms with E-state index in [9.17, 15) is 14.8 Å². The number of aliphatic hydroxyl groups excluding tert-OH is 2. The Bertz CT molecular complexity index is 296. The summed E-state index contributed by atoms with van der Waals surface area (Å²) in [5, 5.41) is 19.2. The minimum Gasteiger partial charge on any atom is -0.390 e. The first kappa shape index (κ1) is 16.5. The van der Waals surface area contributed by atoms with Crippen molar-refractivity contribution in [3.8, 4) is 0 Å². The van der Waals surface area contributed by atoms with Gasteiger partial charge in [-0.3, -0.25) is 4.57 Å². The van der Waals surface area contributed by atoms with E-state index < -0.39 is 24.8 Å². The van der Waals surface area contributed by atoms with Crippen LogP contribution >= 0.6 is 19.4 Å². The van der Waals surface area contributed by atoms with Crippen LogP contribution in [0.1, 0.15) is 34.1 Å². The molecule has 0 unspecified atom stereocenters. The quantitative estimate of drug-likeness (QED) is 0.758. The number of aliphatic hydroxyl groups is 2. The molecule has 1 aliphatic heterocycles. The summed E-state index contributed by atoms with van der Waals surface area (Å²) in [4.78, 5) is -0.416. The van der Waals surface area contributed by atoms with Gasteiger partial charge in [-0.15, -0.1) is 11.8 Å². The van der Waals surface area contributed by atoms with Crippen molar-refractivity contribution in [2.24, 2.45) is 0 Å². The summed E-state index contributed by atoms with van der Waals surface area (Å²) in [6.07, 6.45) is -1.82. The Kier molecular flexibility index (Phi) is 6.16. The minimum absolute atomic E-state index is 0.209. The van der Waals surface area contributed by atoms with E-state index in [4.69, 9.17) is 9.05 Å². The Morgan fingerprint density at radius 2 is 1.61 bits per heavy atom. The molecule has 5 nitrogen and oxygen atoms in total. The lowest BCUT2D eigenvalue weighted by atomic mass is 10.2. The van der Waals surface area contributed by atoms with Gasteiger partial charge in [0, 0.05) is 5.75 Å². The Morgan fingerprint density at radius 3 is 2.00 bits per heavy atom. The van der Waals surface area contributed by atoms with E-state index in [1.165, 1.54) is 11.8 Å².